The SMILES string of the molecule is CCc1cccc(C)c1NC(=O)NCC1(O)CCCCC1. The van der Waals surface area contributed by atoms with Crippen LogP contribution < -0.4 is 10.6 Å². The van der Waals surface area contributed by atoms with Crippen molar-refractivity contribution in [3.63, 3.8) is 0 Å². The lowest BCUT2D eigenvalue weighted by atomic mass is 9.85. The van der Waals surface area contributed by atoms with Crippen molar-refractivity contribution in [2.45, 2.75) is 58.0 Å². The Kier molecular flexibility index (Phi) is 5.23. The van der Waals surface area contributed by atoms with Gasteiger partial charge in [-0.25, -0.2) is 4.79 Å². The fourth-order valence-corrected chi connectivity index (χ4v) is 2.99. The van der Waals surface area contributed by atoms with Gasteiger partial charge >= 0.3 is 6.03 Å². The summed E-state index contributed by atoms with van der Waals surface area (Å²) in [6, 6.07) is 5.78. The van der Waals surface area contributed by atoms with Gasteiger partial charge in [0.05, 0.1) is 5.60 Å². The average Bonchev–Trinajstić information content (AvgIpc) is 2.48. The molecule has 0 radical (unpaired) electrons. The first-order chi connectivity index (χ1) is 10.0. The lowest BCUT2D eigenvalue weighted by molar-refractivity contribution is 0.00755. The van der Waals surface area contributed by atoms with E-state index in [2.05, 4.69) is 17.6 Å². The number of hydrogen-bond acceptors (Lipinski definition) is 2. The van der Waals surface area contributed by atoms with Gasteiger partial charge in [0, 0.05) is 12.2 Å². The van der Waals surface area contributed by atoms with Gasteiger partial charge in [-0.2, -0.15) is 0 Å². The molecule has 21 heavy (non-hydrogen) atoms. The summed E-state index contributed by atoms with van der Waals surface area (Å²) in [6.45, 7) is 4.39. The van der Waals surface area contributed by atoms with Crippen molar-refractivity contribution < 1.29 is 9.90 Å². The molecule has 0 heterocycles. The Morgan fingerprint density at radius 2 is 2.00 bits per heavy atom. The van der Waals surface area contributed by atoms with Gasteiger partial charge in [-0.3, -0.25) is 0 Å². The van der Waals surface area contributed by atoms with Crippen molar-refractivity contribution in [1.29, 1.82) is 0 Å². The van der Waals surface area contributed by atoms with Gasteiger partial charge in [-0.1, -0.05) is 44.4 Å². The van der Waals surface area contributed by atoms with Gasteiger partial charge < -0.3 is 15.7 Å². The number of carbonyl (C=O) groups excluding carboxylic acids is 1. The number of para-hydroxylation sites is 1. The minimum atomic E-state index is -0.727. The van der Waals surface area contributed by atoms with Crippen molar-refractivity contribution in [2.24, 2.45) is 0 Å². The van der Waals surface area contributed by atoms with E-state index < -0.39 is 5.60 Å². The zero-order valence-corrected chi connectivity index (χ0v) is 13.0. The van der Waals surface area contributed by atoms with Crippen molar-refractivity contribution in [3.05, 3.63) is 29.3 Å². The van der Waals surface area contributed by atoms with Crippen LogP contribution in [0.3, 0.4) is 0 Å². The molecule has 0 saturated heterocycles. The van der Waals surface area contributed by atoms with E-state index in [9.17, 15) is 9.90 Å². The molecular weight excluding hydrogens is 264 g/mol. The maximum atomic E-state index is 12.1. The molecule has 4 nitrogen and oxygen atoms in total. The maximum absolute atomic E-state index is 12.1. The van der Waals surface area contributed by atoms with Crippen LogP contribution in [0.15, 0.2) is 18.2 Å². The predicted octanol–water partition coefficient (Wildman–Crippen LogP) is 3.37. The van der Waals surface area contributed by atoms with E-state index in [0.29, 0.717) is 6.54 Å². The van der Waals surface area contributed by atoms with Gasteiger partial charge in [-0.15, -0.1) is 0 Å². The van der Waals surface area contributed by atoms with Crippen molar-refractivity contribution in [2.75, 3.05) is 11.9 Å². The standard InChI is InChI=1S/C17H26N2O2/c1-3-14-9-7-8-13(2)15(14)19-16(20)18-12-17(21)10-5-4-6-11-17/h7-9,21H,3-6,10-12H2,1-2H3,(H2,18,19,20). The molecule has 1 aliphatic carbocycles. The van der Waals surface area contributed by atoms with E-state index in [1.54, 1.807) is 0 Å². The molecule has 3 N–H and O–H groups in total. The van der Waals surface area contributed by atoms with Crippen LogP contribution >= 0.6 is 0 Å². The van der Waals surface area contributed by atoms with Gasteiger partial charge in [0.1, 0.15) is 0 Å². The third-order valence-electron chi connectivity index (χ3n) is 4.34. The zero-order chi connectivity index (χ0) is 15.3. The van der Waals surface area contributed by atoms with Gasteiger partial charge in [-0.05, 0) is 37.3 Å². The Labute approximate surface area is 126 Å². The minimum absolute atomic E-state index is 0.238. The smallest absolute Gasteiger partial charge is 0.319 e. The van der Waals surface area contributed by atoms with E-state index >= 15 is 0 Å². The molecule has 1 aromatic carbocycles. The second-order valence-corrected chi connectivity index (χ2v) is 6.06. The van der Waals surface area contributed by atoms with Gasteiger partial charge in [0.25, 0.3) is 0 Å². The molecule has 1 aliphatic rings. The van der Waals surface area contributed by atoms with Gasteiger partial charge in [0.15, 0.2) is 0 Å². The Morgan fingerprint density at radius 3 is 2.67 bits per heavy atom. The quantitative estimate of drug-likeness (QED) is 0.796. The number of anilines is 1. The number of benzene rings is 1. The lowest BCUT2D eigenvalue weighted by Gasteiger charge is -2.32. The Bertz CT molecular complexity index is 494. The van der Waals surface area contributed by atoms with Crippen LogP contribution in [0.4, 0.5) is 10.5 Å². The van der Waals surface area contributed by atoms with Crippen LogP contribution in [-0.2, 0) is 6.42 Å². The van der Waals surface area contributed by atoms with Crippen LogP contribution in [-0.4, -0.2) is 23.3 Å². The molecular formula is C17H26N2O2. The largest absolute Gasteiger partial charge is 0.388 e. The number of hydrogen-bond donors (Lipinski definition) is 3. The second-order valence-electron chi connectivity index (χ2n) is 6.06. The summed E-state index contributed by atoms with van der Waals surface area (Å²) < 4.78 is 0. The highest BCUT2D eigenvalue weighted by Crippen LogP contribution is 2.27. The molecule has 1 saturated carbocycles. The molecule has 0 bridgehead atoms. The highest BCUT2D eigenvalue weighted by Gasteiger charge is 2.29. The normalized spacial score (nSPS) is 17.3. The van der Waals surface area contributed by atoms with Crippen molar-refractivity contribution in [3.8, 4) is 0 Å². The fraction of sp³-hybridized carbons (Fsp3) is 0.588. The van der Waals surface area contributed by atoms with E-state index in [1.807, 2.05) is 25.1 Å². The number of urea groups is 1. The number of aliphatic hydroxyl groups is 1. The summed E-state index contributed by atoms with van der Waals surface area (Å²) in [6.07, 6.45) is 5.68. The highest BCUT2D eigenvalue weighted by atomic mass is 16.3. The van der Waals surface area contributed by atoms with E-state index in [0.717, 1.165) is 48.9 Å². The first-order valence-electron chi connectivity index (χ1n) is 7.90. The number of carbonyl (C=O) groups is 1. The number of amides is 2. The number of rotatable bonds is 4. The first-order valence-corrected chi connectivity index (χ1v) is 7.90. The van der Waals surface area contributed by atoms with E-state index in [1.165, 1.54) is 6.42 Å². The topological polar surface area (TPSA) is 61.4 Å². The molecule has 116 valence electrons. The summed E-state index contributed by atoms with van der Waals surface area (Å²) in [5.41, 5.74) is 2.34. The first kappa shape index (κ1) is 15.8. The van der Waals surface area contributed by atoms with Crippen LogP contribution in [0, 0.1) is 6.92 Å². The summed E-state index contributed by atoms with van der Waals surface area (Å²) in [4.78, 5) is 12.1. The second kappa shape index (κ2) is 6.94. The Hall–Kier alpha value is -1.55. The molecule has 0 aliphatic heterocycles. The molecule has 4 heteroatoms. The monoisotopic (exact) mass is 290 g/mol. The summed E-state index contributed by atoms with van der Waals surface area (Å²) in [7, 11) is 0. The molecule has 2 rings (SSSR count). The Morgan fingerprint density at radius 1 is 1.29 bits per heavy atom. The van der Waals surface area contributed by atoms with Crippen LogP contribution in [0.2, 0.25) is 0 Å². The number of nitrogens with one attached hydrogen (secondary N) is 2. The van der Waals surface area contributed by atoms with E-state index in [-0.39, 0.29) is 6.03 Å². The predicted molar refractivity (Wildman–Crippen MR) is 85.6 cm³/mol. The van der Waals surface area contributed by atoms with E-state index in [4.69, 9.17) is 0 Å². The molecule has 0 unspecified atom stereocenters. The Balaban J connectivity index is 1.93. The third kappa shape index (κ3) is 4.21. The molecule has 0 aromatic heterocycles. The molecule has 0 atom stereocenters. The minimum Gasteiger partial charge on any atom is -0.388 e. The van der Waals surface area contributed by atoms with Crippen LogP contribution in [0.25, 0.3) is 0 Å². The molecule has 1 fully saturated rings. The summed E-state index contributed by atoms with van der Waals surface area (Å²) in [5.74, 6) is 0. The van der Waals surface area contributed by atoms with Crippen molar-refractivity contribution in [1.82, 2.24) is 5.32 Å². The average molecular weight is 290 g/mol. The summed E-state index contributed by atoms with van der Waals surface area (Å²) >= 11 is 0. The van der Waals surface area contributed by atoms with Crippen LogP contribution in [0.1, 0.15) is 50.2 Å². The molecule has 2 amide bonds. The number of aryl methyl sites for hydroxylation is 2. The third-order valence-corrected chi connectivity index (χ3v) is 4.34. The molecule has 1 aromatic rings. The molecule has 0 spiro atoms. The maximum Gasteiger partial charge on any atom is 0.319 e. The lowest BCUT2D eigenvalue weighted by Crippen LogP contribution is -2.45. The zero-order valence-electron chi connectivity index (χ0n) is 13.0. The fourth-order valence-electron chi connectivity index (χ4n) is 2.99. The van der Waals surface area contributed by atoms with Crippen molar-refractivity contribution >= 4 is 11.7 Å². The van der Waals surface area contributed by atoms with Gasteiger partial charge in [0.2, 0.25) is 0 Å². The highest BCUT2D eigenvalue weighted by molar-refractivity contribution is 5.91. The summed E-state index contributed by atoms with van der Waals surface area (Å²) in [5, 5.41) is 16.1. The van der Waals surface area contributed by atoms with Crippen LogP contribution in [0.5, 0.6) is 0 Å².